The van der Waals surface area contributed by atoms with E-state index in [1.807, 2.05) is 7.05 Å². The minimum Gasteiger partial charge on any atom is -0.341 e. The number of hydrogen-bond acceptors (Lipinski definition) is 1. The summed E-state index contributed by atoms with van der Waals surface area (Å²) in [7, 11) is 1.86. The van der Waals surface area contributed by atoms with Gasteiger partial charge in [-0.2, -0.15) is 0 Å². The molecule has 0 aromatic heterocycles. The molecular formula is C9H18N2. The Bertz CT molecular complexity index is 196. The van der Waals surface area contributed by atoms with Crippen LogP contribution in [-0.4, -0.2) is 28.9 Å². The smallest absolute Gasteiger partial charge is 0.126 e. The van der Waals surface area contributed by atoms with E-state index in [4.69, 9.17) is 0 Å². The molecule has 0 radical (unpaired) electrons. The molecule has 0 unspecified atom stereocenters. The predicted octanol–water partition coefficient (Wildman–Crippen LogP) is 1.91. The summed E-state index contributed by atoms with van der Waals surface area (Å²) in [5.74, 6) is 1.23. The maximum absolute atomic E-state index is 4.24. The van der Waals surface area contributed by atoms with Crippen molar-refractivity contribution in [3.05, 3.63) is 0 Å². The van der Waals surface area contributed by atoms with Crippen LogP contribution in [0.2, 0.25) is 0 Å². The molecule has 1 fully saturated rings. The fraction of sp³-hybridized carbons (Fsp3) is 0.889. The van der Waals surface area contributed by atoms with Crippen molar-refractivity contribution in [1.82, 2.24) is 4.90 Å². The molecule has 0 saturated carbocycles. The van der Waals surface area contributed by atoms with Gasteiger partial charge in [-0.15, -0.1) is 0 Å². The minimum absolute atomic E-state index is 0.201. The van der Waals surface area contributed by atoms with E-state index in [0.29, 0.717) is 0 Å². The van der Waals surface area contributed by atoms with E-state index in [-0.39, 0.29) is 11.1 Å². The highest BCUT2D eigenvalue weighted by Gasteiger charge is 2.56. The van der Waals surface area contributed by atoms with Gasteiger partial charge in [-0.25, -0.2) is 0 Å². The van der Waals surface area contributed by atoms with Crippen LogP contribution >= 0.6 is 0 Å². The highest BCUT2D eigenvalue weighted by molar-refractivity contribution is 6.06. The fourth-order valence-corrected chi connectivity index (χ4v) is 1.93. The first-order chi connectivity index (χ1) is 4.81. The van der Waals surface area contributed by atoms with Gasteiger partial charge in [-0.3, -0.25) is 4.99 Å². The summed E-state index contributed by atoms with van der Waals surface area (Å²) in [5, 5.41) is 0. The summed E-state index contributed by atoms with van der Waals surface area (Å²) in [6.45, 7) is 11.1. The lowest BCUT2D eigenvalue weighted by Crippen LogP contribution is -2.30. The van der Waals surface area contributed by atoms with Crippen molar-refractivity contribution < 1.29 is 0 Å². The first kappa shape index (κ1) is 8.57. The van der Waals surface area contributed by atoms with Crippen molar-refractivity contribution in [3.63, 3.8) is 0 Å². The van der Waals surface area contributed by atoms with Gasteiger partial charge in [0.25, 0.3) is 0 Å². The second kappa shape index (κ2) is 1.99. The predicted molar refractivity (Wildman–Crippen MR) is 49.0 cm³/mol. The quantitative estimate of drug-likeness (QED) is 0.486. The molecule has 0 aromatic carbocycles. The third-order valence-corrected chi connectivity index (χ3v) is 2.15. The van der Waals surface area contributed by atoms with Crippen molar-refractivity contribution in [3.8, 4) is 0 Å². The monoisotopic (exact) mass is 154 g/mol. The lowest BCUT2D eigenvalue weighted by atomic mass is 10.1. The Balaban J connectivity index is 2.83. The van der Waals surface area contributed by atoms with Crippen LogP contribution in [0.4, 0.5) is 0 Å². The van der Waals surface area contributed by atoms with Crippen molar-refractivity contribution in [2.24, 2.45) is 4.99 Å². The molecule has 1 aliphatic rings. The van der Waals surface area contributed by atoms with Gasteiger partial charge in [0.2, 0.25) is 0 Å². The molecule has 0 amide bonds. The zero-order valence-corrected chi connectivity index (χ0v) is 8.39. The van der Waals surface area contributed by atoms with Gasteiger partial charge in [0.15, 0.2) is 0 Å². The molecule has 0 spiro atoms. The minimum atomic E-state index is 0.201. The summed E-state index contributed by atoms with van der Waals surface area (Å²) in [4.78, 5) is 6.59. The second-order valence-corrected chi connectivity index (χ2v) is 4.61. The van der Waals surface area contributed by atoms with Crippen LogP contribution in [-0.2, 0) is 0 Å². The normalized spacial score (nSPS) is 26.0. The molecular weight excluding hydrogens is 136 g/mol. The van der Waals surface area contributed by atoms with Gasteiger partial charge in [0.05, 0.1) is 5.54 Å². The molecule has 2 heteroatoms. The molecule has 2 nitrogen and oxygen atoms in total. The molecule has 1 heterocycles. The topological polar surface area (TPSA) is 15.4 Å². The summed E-state index contributed by atoms with van der Waals surface area (Å²) < 4.78 is 0. The van der Waals surface area contributed by atoms with Gasteiger partial charge >= 0.3 is 0 Å². The SMILES string of the molecule is CN=C1N(C(C)(C)C)C1(C)C. The van der Waals surface area contributed by atoms with Crippen LogP contribution in [0, 0.1) is 0 Å². The Morgan fingerprint density at radius 1 is 1.27 bits per heavy atom. The molecule has 1 rings (SSSR count). The number of aliphatic imine (C=N–C) groups is 1. The van der Waals surface area contributed by atoms with E-state index in [1.165, 1.54) is 5.84 Å². The summed E-state index contributed by atoms with van der Waals surface area (Å²) in [6, 6.07) is 0. The van der Waals surface area contributed by atoms with E-state index >= 15 is 0 Å². The van der Waals surface area contributed by atoms with Crippen molar-refractivity contribution in [1.29, 1.82) is 0 Å². The van der Waals surface area contributed by atoms with Gasteiger partial charge in [0.1, 0.15) is 5.84 Å². The van der Waals surface area contributed by atoms with Crippen LogP contribution in [0.25, 0.3) is 0 Å². The van der Waals surface area contributed by atoms with Crippen molar-refractivity contribution >= 4 is 5.84 Å². The number of nitrogens with zero attached hydrogens (tertiary/aromatic N) is 2. The van der Waals surface area contributed by atoms with E-state index in [9.17, 15) is 0 Å². The average molecular weight is 154 g/mol. The first-order valence-electron chi connectivity index (χ1n) is 4.09. The van der Waals surface area contributed by atoms with Crippen LogP contribution in [0.5, 0.6) is 0 Å². The third-order valence-electron chi connectivity index (χ3n) is 2.15. The van der Waals surface area contributed by atoms with E-state index in [1.54, 1.807) is 0 Å². The fourth-order valence-electron chi connectivity index (χ4n) is 1.93. The van der Waals surface area contributed by atoms with Crippen LogP contribution in [0.15, 0.2) is 4.99 Å². The zero-order chi connectivity index (χ0) is 8.86. The Hall–Kier alpha value is -0.530. The molecule has 0 N–H and O–H groups in total. The molecule has 0 bridgehead atoms. The second-order valence-electron chi connectivity index (χ2n) is 4.61. The molecule has 0 aromatic rings. The van der Waals surface area contributed by atoms with E-state index in [2.05, 4.69) is 44.5 Å². The van der Waals surface area contributed by atoms with Crippen molar-refractivity contribution in [2.75, 3.05) is 7.05 Å². The maximum Gasteiger partial charge on any atom is 0.126 e. The largest absolute Gasteiger partial charge is 0.341 e. The molecule has 1 aliphatic heterocycles. The Morgan fingerprint density at radius 3 is 1.82 bits per heavy atom. The van der Waals surface area contributed by atoms with Gasteiger partial charge in [-0.1, -0.05) is 0 Å². The van der Waals surface area contributed by atoms with Gasteiger partial charge < -0.3 is 4.90 Å². The lowest BCUT2D eigenvalue weighted by Gasteiger charge is -2.23. The van der Waals surface area contributed by atoms with Crippen LogP contribution < -0.4 is 0 Å². The van der Waals surface area contributed by atoms with Gasteiger partial charge in [-0.05, 0) is 34.6 Å². The van der Waals surface area contributed by atoms with Gasteiger partial charge in [0, 0.05) is 12.6 Å². The summed E-state index contributed by atoms with van der Waals surface area (Å²) in [5.41, 5.74) is 0.422. The standard InChI is InChI=1S/C9H18N2/c1-8(2,3)11-7(10-6)9(11,4)5/h1-6H3. The van der Waals surface area contributed by atoms with Crippen molar-refractivity contribution in [2.45, 2.75) is 45.7 Å². The van der Waals surface area contributed by atoms with E-state index < -0.39 is 0 Å². The first-order valence-corrected chi connectivity index (χ1v) is 4.09. The molecule has 0 atom stereocenters. The molecule has 11 heavy (non-hydrogen) atoms. The number of amidine groups is 1. The molecule has 1 saturated heterocycles. The summed E-state index contributed by atoms with van der Waals surface area (Å²) in [6.07, 6.45) is 0. The zero-order valence-electron chi connectivity index (χ0n) is 8.39. The Morgan fingerprint density at radius 2 is 1.73 bits per heavy atom. The molecule has 0 aliphatic carbocycles. The highest BCUT2D eigenvalue weighted by Crippen LogP contribution is 2.41. The lowest BCUT2D eigenvalue weighted by molar-refractivity contribution is 0.272. The van der Waals surface area contributed by atoms with Crippen LogP contribution in [0.3, 0.4) is 0 Å². The summed E-state index contributed by atoms with van der Waals surface area (Å²) >= 11 is 0. The Kier molecular flexibility index (Phi) is 1.55. The van der Waals surface area contributed by atoms with Crippen LogP contribution in [0.1, 0.15) is 34.6 Å². The number of rotatable bonds is 0. The highest BCUT2D eigenvalue weighted by atomic mass is 15.4. The number of hydrogen-bond donors (Lipinski definition) is 0. The third kappa shape index (κ3) is 1.15. The van der Waals surface area contributed by atoms with E-state index in [0.717, 1.165) is 0 Å². The maximum atomic E-state index is 4.24. The Labute approximate surface area is 69.3 Å². The molecule has 64 valence electrons. The average Bonchev–Trinajstić information content (AvgIpc) is 2.31.